The number of amides is 1. The Hall–Kier alpha value is -0.690. The van der Waals surface area contributed by atoms with Crippen LogP contribution in [0.15, 0.2) is 0 Å². The summed E-state index contributed by atoms with van der Waals surface area (Å²) in [6.07, 6.45) is 1.20. The summed E-state index contributed by atoms with van der Waals surface area (Å²) in [4.78, 5) is 12.5. The molecule has 0 saturated heterocycles. The predicted molar refractivity (Wildman–Crippen MR) is 94.6 cm³/mol. The van der Waals surface area contributed by atoms with Gasteiger partial charge in [0.25, 0.3) is 0 Å². The van der Waals surface area contributed by atoms with E-state index in [4.69, 9.17) is 9.47 Å². The van der Waals surface area contributed by atoms with E-state index in [2.05, 4.69) is 12.2 Å². The van der Waals surface area contributed by atoms with Gasteiger partial charge in [-0.05, 0) is 25.7 Å². The molecule has 144 valence electrons. The second-order valence-corrected chi connectivity index (χ2v) is 6.95. The van der Waals surface area contributed by atoms with Crippen LogP contribution in [0.4, 0.5) is 0 Å². The topological polar surface area (TPSA) is 88.0 Å². The van der Waals surface area contributed by atoms with Gasteiger partial charge in [-0.25, -0.2) is 0 Å². The maximum Gasteiger partial charge on any atom is 0.226 e. The van der Waals surface area contributed by atoms with Crippen molar-refractivity contribution >= 4 is 5.91 Å². The molecule has 0 spiro atoms. The molecule has 0 rings (SSSR count). The molecule has 0 saturated carbocycles. The first kappa shape index (κ1) is 23.3. The Morgan fingerprint density at radius 2 is 1.58 bits per heavy atom. The summed E-state index contributed by atoms with van der Waals surface area (Å²) in [7, 11) is 0. The molecule has 0 fully saturated rings. The third-order valence-corrected chi connectivity index (χ3v) is 4.81. The van der Waals surface area contributed by atoms with Crippen LogP contribution in [0.1, 0.15) is 60.3 Å². The van der Waals surface area contributed by atoms with Gasteiger partial charge >= 0.3 is 0 Å². The Kier molecular flexibility index (Phi) is 11.5. The van der Waals surface area contributed by atoms with Crippen LogP contribution in [-0.4, -0.2) is 55.4 Å². The second kappa shape index (κ2) is 11.8. The fourth-order valence-electron chi connectivity index (χ4n) is 2.57. The lowest BCUT2D eigenvalue weighted by Crippen LogP contribution is -2.45. The van der Waals surface area contributed by atoms with Crippen LogP contribution < -0.4 is 5.32 Å². The molecule has 0 aromatic rings. The van der Waals surface area contributed by atoms with Crippen molar-refractivity contribution in [3.8, 4) is 0 Å². The van der Waals surface area contributed by atoms with Gasteiger partial charge in [0.05, 0.1) is 19.8 Å². The Balaban J connectivity index is 4.28. The molecule has 0 aliphatic rings. The number of ether oxygens (including phenoxy) is 2. The van der Waals surface area contributed by atoms with Crippen molar-refractivity contribution in [3.63, 3.8) is 0 Å². The number of rotatable bonds is 14. The summed E-state index contributed by atoms with van der Waals surface area (Å²) in [6, 6.07) is 0. The van der Waals surface area contributed by atoms with E-state index in [0.717, 1.165) is 13.0 Å². The van der Waals surface area contributed by atoms with Gasteiger partial charge in [0.1, 0.15) is 0 Å². The SMILES string of the molecule is CCCOCCOCCNC(=O)C(C)(CC)CC(C)(CC)C(O)O. The number of carbonyl (C=O) groups excluding carboxylic acids is 1. The van der Waals surface area contributed by atoms with E-state index in [1.54, 1.807) is 6.92 Å². The smallest absolute Gasteiger partial charge is 0.226 e. The standard InChI is InChI=1S/C18H37NO5/c1-6-10-23-12-13-24-11-9-19-15(20)17(4,7-2)14-18(5,8-3)16(21)22/h16,21-22H,6-14H2,1-5H3,(H,19,20). The number of aliphatic hydroxyl groups is 2. The molecule has 0 radical (unpaired) electrons. The van der Waals surface area contributed by atoms with Crippen LogP contribution >= 0.6 is 0 Å². The molecule has 6 nitrogen and oxygen atoms in total. The molecular weight excluding hydrogens is 310 g/mol. The maximum absolute atomic E-state index is 12.5. The van der Waals surface area contributed by atoms with Gasteiger partial charge in [-0.15, -0.1) is 0 Å². The van der Waals surface area contributed by atoms with E-state index < -0.39 is 17.1 Å². The van der Waals surface area contributed by atoms with Gasteiger partial charge in [0.15, 0.2) is 6.29 Å². The van der Waals surface area contributed by atoms with Crippen molar-refractivity contribution < 1.29 is 24.5 Å². The van der Waals surface area contributed by atoms with Gasteiger partial charge in [0.2, 0.25) is 5.91 Å². The third-order valence-electron chi connectivity index (χ3n) is 4.81. The third kappa shape index (κ3) is 7.92. The minimum atomic E-state index is -1.44. The fraction of sp³-hybridized carbons (Fsp3) is 0.944. The Bertz CT molecular complexity index is 350. The van der Waals surface area contributed by atoms with E-state index in [1.165, 1.54) is 0 Å². The highest BCUT2D eigenvalue weighted by Crippen LogP contribution is 2.40. The van der Waals surface area contributed by atoms with Crippen LogP contribution in [0.2, 0.25) is 0 Å². The normalized spacial score (nSPS) is 16.7. The van der Waals surface area contributed by atoms with Gasteiger partial charge in [-0.1, -0.05) is 34.6 Å². The first-order chi connectivity index (χ1) is 11.3. The first-order valence-corrected chi connectivity index (χ1v) is 9.05. The van der Waals surface area contributed by atoms with Crippen LogP contribution in [0, 0.1) is 10.8 Å². The molecule has 1 amide bonds. The summed E-state index contributed by atoms with van der Waals surface area (Å²) in [6.45, 7) is 12.3. The Morgan fingerprint density at radius 1 is 1.00 bits per heavy atom. The van der Waals surface area contributed by atoms with E-state index in [9.17, 15) is 15.0 Å². The number of hydrogen-bond acceptors (Lipinski definition) is 5. The maximum atomic E-state index is 12.5. The quantitative estimate of drug-likeness (QED) is 0.331. The fourth-order valence-corrected chi connectivity index (χ4v) is 2.57. The zero-order valence-corrected chi connectivity index (χ0v) is 16.1. The predicted octanol–water partition coefficient (Wildman–Crippen LogP) is 2.08. The lowest BCUT2D eigenvalue weighted by Gasteiger charge is -2.38. The highest BCUT2D eigenvalue weighted by atomic mass is 16.5. The number of nitrogens with one attached hydrogen (secondary N) is 1. The van der Waals surface area contributed by atoms with Gasteiger partial charge in [-0.2, -0.15) is 0 Å². The van der Waals surface area contributed by atoms with E-state index >= 15 is 0 Å². The lowest BCUT2D eigenvalue weighted by molar-refractivity contribution is -0.153. The average molecular weight is 347 g/mol. The van der Waals surface area contributed by atoms with Crippen molar-refractivity contribution in [1.82, 2.24) is 5.32 Å². The molecule has 0 aromatic carbocycles. The molecule has 6 heteroatoms. The zero-order valence-electron chi connectivity index (χ0n) is 16.1. The van der Waals surface area contributed by atoms with Crippen LogP contribution in [0.5, 0.6) is 0 Å². The largest absolute Gasteiger partial charge is 0.379 e. The van der Waals surface area contributed by atoms with Gasteiger partial charge in [0, 0.05) is 24.0 Å². The molecule has 3 N–H and O–H groups in total. The lowest BCUT2D eigenvalue weighted by atomic mass is 9.69. The average Bonchev–Trinajstić information content (AvgIpc) is 2.56. The molecule has 2 atom stereocenters. The van der Waals surface area contributed by atoms with E-state index in [0.29, 0.717) is 45.6 Å². The highest BCUT2D eigenvalue weighted by Gasteiger charge is 2.41. The van der Waals surface area contributed by atoms with Crippen molar-refractivity contribution in [3.05, 3.63) is 0 Å². The van der Waals surface area contributed by atoms with Gasteiger partial charge in [-0.3, -0.25) is 4.79 Å². The summed E-state index contributed by atoms with van der Waals surface area (Å²) in [5.41, 5.74) is -1.34. The first-order valence-electron chi connectivity index (χ1n) is 9.05. The number of aliphatic hydroxyl groups excluding tert-OH is 1. The summed E-state index contributed by atoms with van der Waals surface area (Å²) in [5, 5.41) is 22.2. The van der Waals surface area contributed by atoms with Crippen molar-refractivity contribution in [2.24, 2.45) is 10.8 Å². The Labute approximate surface area is 146 Å². The minimum absolute atomic E-state index is 0.0730. The zero-order chi connectivity index (χ0) is 18.6. The minimum Gasteiger partial charge on any atom is -0.379 e. The number of hydrogen-bond donors (Lipinski definition) is 3. The summed E-state index contributed by atoms with van der Waals surface area (Å²) >= 11 is 0. The molecule has 24 heavy (non-hydrogen) atoms. The van der Waals surface area contributed by atoms with Crippen molar-refractivity contribution in [2.75, 3.05) is 33.0 Å². The molecule has 0 aliphatic heterocycles. The summed E-state index contributed by atoms with van der Waals surface area (Å²) in [5.74, 6) is -0.0730. The van der Waals surface area contributed by atoms with E-state index in [-0.39, 0.29) is 5.91 Å². The number of carbonyl (C=O) groups is 1. The van der Waals surface area contributed by atoms with Crippen LogP contribution in [0.3, 0.4) is 0 Å². The molecule has 0 aromatic heterocycles. The van der Waals surface area contributed by atoms with Crippen molar-refractivity contribution in [2.45, 2.75) is 66.6 Å². The van der Waals surface area contributed by atoms with Crippen molar-refractivity contribution in [1.29, 1.82) is 0 Å². The molecule has 0 heterocycles. The Morgan fingerprint density at radius 3 is 2.04 bits per heavy atom. The van der Waals surface area contributed by atoms with E-state index in [1.807, 2.05) is 20.8 Å². The van der Waals surface area contributed by atoms with Crippen LogP contribution in [-0.2, 0) is 14.3 Å². The monoisotopic (exact) mass is 347 g/mol. The molecule has 2 unspecified atom stereocenters. The summed E-state index contributed by atoms with van der Waals surface area (Å²) < 4.78 is 10.7. The molecule has 0 bridgehead atoms. The van der Waals surface area contributed by atoms with Gasteiger partial charge < -0.3 is 25.0 Å². The highest BCUT2D eigenvalue weighted by molar-refractivity contribution is 5.82. The second-order valence-electron chi connectivity index (χ2n) is 6.95. The van der Waals surface area contributed by atoms with Crippen LogP contribution in [0.25, 0.3) is 0 Å². The molecular formula is C18H37NO5. The molecule has 0 aliphatic carbocycles.